The highest BCUT2D eigenvalue weighted by atomic mass is 35.5. The number of amides is 1. The van der Waals surface area contributed by atoms with Crippen LogP contribution in [-0.4, -0.2) is 32.7 Å². The minimum absolute atomic E-state index is 0.0206. The monoisotopic (exact) mass is 457 g/mol. The molecule has 0 fully saturated rings. The summed E-state index contributed by atoms with van der Waals surface area (Å²) >= 11 is 7.43. The summed E-state index contributed by atoms with van der Waals surface area (Å²) in [4.78, 5) is 32.5. The molecule has 0 aliphatic rings. The van der Waals surface area contributed by atoms with E-state index < -0.39 is 0 Å². The molecular formula is C24H28ClN3O2S. The third-order valence-electron chi connectivity index (χ3n) is 5.09. The lowest BCUT2D eigenvalue weighted by molar-refractivity contribution is -0.128. The summed E-state index contributed by atoms with van der Waals surface area (Å²) in [5, 5.41) is 1.64. The first kappa shape index (κ1) is 23.4. The van der Waals surface area contributed by atoms with Gasteiger partial charge < -0.3 is 4.90 Å². The average Bonchev–Trinajstić information content (AvgIpc) is 2.75. The van der Waals surface area contributed by atoms with Crippen molar-refractivity contribution in [2.45, 2.75) is 45.4 Å². The summed E-state index contributed by atoms with van der Waals surface area (Å²) in [6, 6.07) is 15.1. The Morgan fingerprint density at radius 3 is 2.61 bits per heavy atom. The molecule has 0 unspecified atom stereocenters. The molecular weight excluding hydrogens is 430 g/mol. The van der Waals surface area contributed by atoms with Gasteiger partial charge in [0.05, 0.1) is 16.7 Å². The second-order valence-electron chi connectivity index (χ2n) is 7.88. The summed E-state index contributed by atoms with van der Waals surface area (Å²) in [5.74, 6) is 0.696. The maximum absolute atomic E-state index is 13.1. The number of thioether (sulfide) groups is 1. The Morgan fingerprint density at radius 2 is 1.94 bits per heavy atom. The highest BCUT2D eigenvalue weighted by Crippen LogP contribution is 2.22. The van der Waals surface area contributed by atoms with Crippen molar-refractivity contribution in [3.05, 3.63) is 69.5 Å². The van der Waals surface area contributed by atoms with Crippen molar-refractivity contribution in [3.63, 3.8) is 0 Å². The van der Waals surface area contributed by atoms with E-state index in [1.165, 1.54) is 11.8 Å². The number of carbonyl (C=O) groups is 1. The van der Waals surface area contributed by atoms with Gasteiger partial charge in [-0.2, -0.15) is 0 Å². The summed E-state index contributed by atoms with van der Waals surface area (Å²) < 4.78 is 1.70. The number of hydrogen-bond donors (Lipinski definition) is 0. The van der Waals surface area contributed by atoms with Gasteiger partial charge in [0, 0.05) is 24.7 Å². The van der Waals surface area contributed by atoms with Crippen LogP contribution in [0.4, 0.5) is 0 Å². The van der Waals surface area contributed by atoms with Gasteiger partial charge in [-0.25, -0.2) is 4.98 Å². The number of hydrogen-bond acceptors (Lipinski definition) is 4. The predicted octanol–water partition coefficient (Wildman–Crippen LogP) is 5.24. The number of aromatic nitrogens is 2. The zero-order valence-corrected chi connectivity index (χ0v) is 19.7. The molecule has 0 saturated carbocycles. The molecule has 3 aromatic rings. The van der Waals surface area contributed by atoms with Gasteiger partial charge in [-0.3, -0.25) is 14.2 Å². The van der Waals surface area contributed by atoms with Crippen molar-refractivity contribution in [3.8, 4) is 0 Å². The van der Waals surface area contributed by atoms with E-state index in [9.17, 15) is 9.59 Å². The van der Waals surface area contributed by atoms with Gasteiger partial charge in [-0.1, -0.05) is 67.5 Å². The van der Waals surface area contributed by atoms with Crippen molar-refractivity contribution in [1.82, 2.24) is 14.5 Å². The van der Waals surface area contributed by atoms with Gasteiger partial charge in [0.25, 0.3) is 5.56 Å². The maximum atomic E-state index is 13.1. The fraction of sp³-hybridized carbons (Fsp3) is 0.375. The van der Waals surface area contributed by atoms with Gasteiger partial charge in [0.15, 0.2) is 5.16 Å². The molecule has 0 spiro atoms. The third-order valence-corrected chi connectivity index (χ3v) is 6.28. The minimum Gasteiger partial charge on any atom is -0.338 e. The number of nitrogens with zero attached hydrogens (tertiary/aromatic N) is 3. The first-order chi connectivity index (χ1) is 14.9. The molecule has 164 valence electrons. The van der Waals surface area contributed by atoms with Crippen LogP contribution >= 0.6 is 23.4 Å². The second-order valence-corrected chi connectivity index (χ2v) is 9.26. The van der Waals surface area contributed by atoms with Crippen LogP contribution in [0.5, 0.6) is 0 Å². The van der Waals surface area contributed by atoms with Crippen molar-refractivity contribution in [2.24, 2.45) is 5.92 Å². The van der Waals surface area contributed by atoms with E-state index in [1.54, 1.807) is 22.8 Å². The lowest BCUT2D eigenvalue weighted by Crippen LogP contribution is -2.32. The summed E-state index contributed by atoms with van der Waals surface area (Å²) in [5.41, 5.74) is 1.56. The Bertz CT molecular complexity index is 1100. The van der Waals surface area contributed by atoms with Crippen LogP contribution in [0.15, 0.2) is 58.5 Å². The van der Waals surface area contributed by atoms with Crippen LogP contribution in [-0.2, 0) is 17.9 Å². The Hall–Kier alpha value is -2.31. The van der Waals surface area contributed by atoms with Crippen LogP contribution in [0.1, 0.15) is 32.8 Å². The van der Waals surface area contributed by atoms with Crippen LogP contribution in [0, 0.1) is 5.92 Å². The van der Waals surface area contributed by atoms with Crippen LogP contribution in [0.25, 0.3) is 10.9 Å². The fourth-order valence-electron chi connectivity index (χ4n) is 3.27. The molecule has 0 N–H and O–H groups in total. The van der Waals surface area contributed by atoms with E-state index in [1.807, 2.05) is 42.2 Å². The van der Waals surface area contributed by atoms with Crippen molar-refractivity contribution >= 4 is 40.2 Å². The van der Waals surface area contributed by atoms with Gasteiger partial charge in [-0.15, -0.1) is 0 Å². The number of benzene rings is 2. The molecule has 7 heteroatoms. The molecule has 1 heterocycles. The van der Waals surface area contributed by atoms with E-state index in [4.69, 9.17) is 11.6 Å². The smallest absolute Gasteiger partial charge is 0.262 e. The summed E-state index contributed by atoms with van der Waals surface area (Å²) in [6.45, 7) is 7.98. The first-order valence-electron chi connectivity index (χ1n) is 10.5. The third kappa shape index (κ3) is 6.11. The molecule has 5 nitrogen and oxygen atoms in total. The van der Waals surface area contributed by atoms with Crippen LogP contribution < -0.4 is 5.56 Å². The molecule has 3 rings (SSSR count). The SMILES string of the molecule is CCN(Cc1ccccc1)C(=O)CSc1nc2cc(Cl)ccc2c(=O)n1CCC(C)C. The quantitative estimate of drug-likeness (QED) is 0.326. The fourth-order valence-corrected chi connectivity index (χ4v) is 4.36. The molecule has 0 aliphatic carbocycles. The molecule has 0 bridgehead atoms. The number of halogens is 1. The van der Waals surface area contributed by atoms with Crippen molar-refractivity contribution in [1.29, 1.82) is 0 Å². The Kier molecular flexibility index (Phi) is 8.15. The van der Waals surface area contributed by atoms with E-state index in [0.717, 1.165) is 12.0 Å². The minimum atomic E-state index is -0.0890. The Balaban J connectivity index is 1.83. The number of carbonyl (C=O) groups excluding carboxylic acids is 1. The van der Waals surface area contributed by atoms with Gasteiger partial charge >= 0.3 is 0 Å². The summed E-state index contributed by atoms with van der Waals surface area (Å²) in [7, 11) is 0. The Morgan fingerprint density at radius 1 is 1.19 bits per heavy atom. The van der Waals surface area contributed by atoms with Crippen molar-refractivity contribution < 1.29 is 4.79 Å². The average molecular weight is 458 g/mol. The largest absolute Gasteiger partial charge is 0.338 e. The zero-order valence-electron chi connectivity index (χ0n) is 18.2. The summed E-state index contributed by atoms with van der Waals surface area (Å²) in [6.07, 6.45) is 0.858. The van der Waals surface area contributed by atoms with Gasteiger partial charge in [-0.05, 0) is 43.0 Å². The Labute approximate surface area is 192 Å². The molecule has 0 atom stereocenters. The van der Waals surface area contributed by atoms with Gasteiger partial charge in [0.2, 0.25) is 5.91 Å². The van der Waals surface area contributed by atoms with E-state index in [0.29, 0.717) is 46.6 Å². The molecule has 1 amide bonds. The topological polar surface area (TPSA) is 55.2 Å². The number of rotatable bonds is 9. The molecule has 0 saturated heterocycles. The van der Waals surface area contributed by atoms with Crippen LogP contribution in [0.2, 0.25) is 5.02 Å². The van der Waals surface area contributed by atoms with E-state index in [-0.39, 0.29) is 17.2 Å². The highest BCUT2D eigenvalue weighted by Gasteiger charge is 2.17. The standard InChI is InChI=1S/C24H28ClN3O2S/c1-4-27(15-18-8-6-5-7-9-18)22(29)16-31-24-26-21-14-19(25)10-11-20(21)23(30)28(24)13-12-17(2)3/h5-11,14,17H,4,12-13,15-16H2,1-3H3. The first-order valence-corrected chi connectivity index (χ1v) is 11.9. The lowest BCUT2D eigenvalue weighted by atomic mass is 10.1. The second kappa shape index (κ2) is 10.8. The molecule has 1 aromatic heterocycles. The van der Waals surface area contributed by atoms with Crippen molar-refractivity contribution in [2.75, 3.05) is 12.3 Å². The van der Waals surface area contributed by atoms with Crippen LogP contribution in [0.3, 0.4) is 0 Å². The zero-order chi connectivity index (χ0) is 22.4. The molecule has 0 radical (unpaired) electrons. The predicted molar refractivity (Wildman–Crippen MR) is 129 cm³/mol. The molecule has 0 aliphatic heterocycles. The number of fused-ring (bicyclic) bond motifs is 1. The maximum Gasteiger partial charge on any atom is 0.262 e. The highest BCUT2D eigenvalue weighted by molar-refractivity contribution is 7.99. The lowest BCUT2D eigenvalue weighted by Gasteiger charge is -2.21. The van der Waals surface area contributed by atoms with E-state index in [2.05, 4.69) is 18.8 Å². The van der Waals surface area contributed by atoms with E-state index >= 15 is 0 Å². The van der Waals surface area contributed by atoms with Gasteiger partial charge in [0.1, 0.15) is 0 Å². The molecule has 31 heavy (non-hydrogen) atoms. The normalized spacial score (nSPS) is 11.3. The molecule has 2 aromatic carbocycles.